The molecule has 6 heteroatoms. The normalized spacial score (nSPS) is 16.2. The number of nitrogens with one attached hydrogen (secondary N) is 1. The van der Waals surface area contributed by atoms with E-state index in [4.69, 9.17) is 0 Å². The molecular weight excluding hydrogens is 375 g/mol. The van der Waals surface area contributed by atoms with Crippen molar-refractivity contribution in [2.45, 2.75) is 12.2 Å². The van der Waals surface area contributed by atoms with Crippen LogP contribution in [-0.2, 0) is 6.18 Å². The van der Waals surface area contributed by atoms with Gasteiger partial charge in [0.15, 0.2) is 0 Å². The second kappa shape index (κ2) is 6.51. The fraction of sp³-hybridized carbons (Fsp3) is 0.0870. The highest BCUT2D eigenvalue weighted by molar-refractivity contribution is 5.85. The van der Waals surface area contributed by atoms with E-state index in [9.17, 15) is 13.2 Å². The van der Waals surface area contributed by atoms with Gasteiger partial charge in [0.1, 0.15) is 0 Å². The first-order valence-corrected chi connectivity index (χ1v) is 9.20. The van der Waals surface area contributed by atoms with Gasteiger partial charge in [-0.05, 0) is 35.4 Å². The van der Waals surface area contributed by atoms with Gasteiger partial charge in [-0.2, -0.15) is 13.2 Å². The molecule has 0 saturated heterocycles. The number of hydrogen-bond donors (Lipinski definition) is 1. The third-order valence-electron chi connectivity index (χ3n) is 5.11. The highest BCUT2D eigenvalue weighted by atomic mass is 19.4. The average Bonchev–Trinajstić information content (AvgIpc) is 3.12. The summed E-state index contributed by atoms with van der Waals surface area (Å²) < 4.78 is 43.2. The third kappa shape index (κ3) is 2.97. The average molecular weight is 391 g/mol. The van der Waals surface area contributed by atoms with Gasteiger partial charge in [-0.15, -0.1) is 0 Å². The lowest BCUT2D eigenvalue weighted by molar-refractivity contribution is -0.138. The lowest BCUT2D eigenvalue weighted by Crippen LogP contribution is -2.22. The lowest BCUT2D eigenvalue weighted by Gasteiger charge is -2.28. The Bertz CT molecular complexity index is 1220. The first kappa shape index (κ1) is 17.6. The zero-order valence-corrected chi connectivity index (χ0v) is 15.2. The van der Waals surface area contributed by atoms with Gasteiger partial charge in [-0.1, -0.05) is 60.7 Å². The van der Waals surface area contributed by atoms with Crippen LogP contribution in [0.4, 0.5) is 19.1 Å². The SMILES string of the molecule is FC(F)(F)c1ccccc1[C@H]1C=C(c2ccccc2)Nc2nc3ccccc3n21. The van der Waals surface area contributed by atoms with Gasteiger partial charge in [-0.25, -0.2) is 4.98 Å². The largest absolute Gasteiger partial charge is 0.416 e. The van der Waals surface area contributed by atoms with Crippen molar-refractivity contribution in [2.75, 3.05) is 5.32 Å². The first-order valence-electron chi connectivity index (χ1n) is 9.20. The van der Waals surface area contributed by atoms with Crippen LogP contribution in [0.25, 0.3) is 16.7 Å². The monoisotopic (exact) mass is 391 g/mol. The van der Waals surface area contributed by atoms with Crippen LogP contribution in [0.5, 0.6) is 0 Å². The zero-order chi connectivity index (χ0) is 20.0. The molecule has 3 aromatic carbocycles. The van der Waals surface area contributed by atoms with Gasteiger partial charge >= 0.3 is 6.18 Å². The number of anilines is 1. The molecule has 0 amide bonds. The Hall–Kier alpha value is -3.54. The summed E-state index contributed by atoms with van der Waals surface area (Å²) in [6.45, 7) is 0. The molecule has 5 rings (SSSR count). The van der Waals surface area contributed by atoms with Crippen molar-refractivity contribution in [1.82, 2.24) is 9.55 Å². The number of halogens is 3. The number of alkyl halides is 3. The van der Waals surface area contributed by atoms with Crippen molar-refractivity contribution in [3.63, 3.8) is 0 Å². The minimum atomic E-state index is -4.45. The number of benzene rings is 3. The van der Waals surface area contributed by atoms with E-state index in [1.165, 1.54) is 12.1 Å². The summed E-state index contributed by atoms with van der Waals surface area (Å²) in [5.41, 5.74) is 2.68. The topological polar surface area (TPSA) is 29.9 Å². The number of rotatable bonds is 2. The highest BCUT2D eigenvalue weighted by Crippen LogP contribution is 2.41. The fourth-order valence-electron chi connectivity index (χ4n) is 3.84. The summed E-state index contributed by atoms with van der Waals surface area (Å²) in [5.74, 6) is 0.523. The van der Waals surface area contributed by atoms with E-state index < -0.39 is 17.8 Å². The predicted octanol–water partition coefficient (Wildman–Crippen LogP) is 6.11. The van der Waals surface area contributed by atoms with Gasteiger partial charge in [0.05, 0.1) is 22.6 Å². The maximum absolute atomic E-state index is 13.8. The molecule has 4 aromatic rings. The second-order valence-corrected chi connectivity index (χ2v) is 6.90. The molecule has 1 aliphatic heterocycles. The number of imidazole rings is 1. The quantitative estimate of drug-likeness (QED) is 0.447. The van der Waals surface area contributed by atoms with E-state index in [2.05, 4.69) is 10.3 Å². The van der Waals surface area contributed by atoms with Crippen LogP contribution < -0.4 is 5.32 Å². The lowest BCUT2D eigenvalue weighted by atomic mass is 9.96. The Balaban J connectivity index is 1.78. The Kier molecular flexibility index (Phi) is 3.94. The molecule has 0 unspecified atom stereocenters. The molecule has 1 N–H and O–H groups in total. The molecule has 1 aliphatic rings. The first-order chi connectivity index (χ1) is 14.0. The number of para-hydroxylation sites is 2. The van der Waals surface area contributed by atoms with Crippen molar-refractivity contribution in [3.8, 4) is 0 Å². The fourth-order valence-corrected chi connectivity index (χ4v) is 3.84. The highest BCUT2D eigenvalue weighted by Gasteiger charge is 2.36. The van der Waals surface area contributed by atoms with E-state index in [1.807, 2.05) is 65.2 Å². The number of allylic oxidation sites excluding steroid dienone is 1. The Morgan fingerprint density at radius 2 is 1.52 bits per heavy atom. The molecule has 2 heterocycles. The Morgan fingerprint density at radius 1 is 0.828 bits per heavy atom. The van der Waals surface area contributed by atoms with Crippen LogP contribution in [0.1, 0.15) is 22.7 Å². The standard InChI is InChI=1S/C23H16F3N3/c24-23(25,26)17-11-5-4-10-16(17)21-14-19(15-8-2-1-3-9-15)28-22-27-18-12-6-7-13-20(18)29(21)22/h1-14,21H,(H,27,28)/t21-/m1/s1. The molecule has 0 spiro atoms. The number of nitrogens with zero attached hydrogens (tertiary/aromatic N) is 2. The van der Waals surface area contributed by atoms with Crippen LogP contribution in [0.3, 0.4) is 0 Å². The molecule has 144 valence electrons. The van der Waals surface area contributed by atoms with Crippen molar-refractivity contribution < 1.29 is 13.2 Å². The molecule has 0 radical (unpaired) electrons. The van der Waals surface area contributed by atoms with E-state index in [1.54, 1.807) is 6.07 Å². The zero-order valence-electron chi connectivity index (χ0n) is 15.2. The molecular formula is C23H16F3N3. The molecule has 3 nitrogen and oxygen atoms in total. The molecule has 0 saturated carbocycles. The van der Waals surface area contributed by atoms with Crippen LogP contribution in [-0.4, -0.2) is 9.55 Å². The number of hydrogen-bond acceptors (Lipinski definition) is 2. The summed E-state index contributed by atoms with van der Waals surface area (Å²) in [7, 11) is 0. The van der Waals surface area contributed by atoms with Gasteiger partial charge in [-0.3, -0.25) is 4.57 Å². The summed E-state index contributed by atoms with van der Waals surface area (Å²) >= 11 is 0. The van der Waals surface area contributed by atoms with E-state index in [0.717, 1.165) is 28.4 Å². The summed E-state index contributed by atoms with van der Waals surface area (Å²) in [6.07, 6.45) is -2.61. The van der Waals surface area contributed by atoms with Crippen molar-refractivity contribution in [3.05, 3.63) is 102 Å². The van der Waals surface area contributed by atoms with Crippen LogP contribution in [0.2, 0.25) is 0 Å². The van der Waals surface area contributed by atoms with Gasteiger partial charge < -0.3 is 5.32 Å². The predicted molar refractivity (Wildman–Crippen MR) is 107 cm³/mol. The third-order valence-corrected chi connectivity index (χ3v) is 5.11. The minimum absolute atomic E-state index is 0.194. The second-order valence-electron chi connectivity index (χ2n) is 6.90. The maximum Gasteiger partial charge on any atom is 0.416 e. The maximum atomic E-state index is 13.8. The van der Waals surface area contributed by atoms with E-state index in [0.29, 0.717) is 5.95 Å². The molecule has 0 bridgehead atoms. The summed E-state index contributed by atoms with van der Waals surface area (Å²) in [4.78, 5) is 4.63. The van der Waals surface area contributed by atoms with E-state index >= 15 is 0 Å². The van der Waals surface area contributed by atoms with Crippen molar-refractivity contribution in [2.24, 2.45) is 0 Å². The minimum Gasteiger partial charge on any atom is -0.325 e. The van der Waals surface area contributed by atoms with Gasteiger partial charge in [0.2, 0.25) is 5.95 Å². The van der Waals surface area contributed by atoms with E-state index in [-0.39, 0.29) is 5.56 Å². The molecule has 0 aliphatic carbocycles. The van der Waals surface area contributed by atoms with Crippen LogP contribution in [0, 0.1) is 0 Å². The Labute approximate surface area is 165 Å². The summed E-state index contributed by atoms with van der Waals surface area (Å²) in [5, 5.41) is 3.29. The molecule has 1 atom stereocenters. The Morgan fingerprint density at radius 3 is 2.31 bits per heavy atom. The number of aromatic nitrogens is 2. The van der Waals surface area contributed by atoms with Gasteiger partial charge in [0.25, 0.3) is 0 Å². The van der Waals surface area contributed by atoms with Gasteiger partial charge in [0, 0.05) is 5.70 Å². The molecule has 29 heavy (non-hydrogen) atoms. The van der Waals surface area contributed by atoms with Crippen LogP contribution in [0.15, 0.2) is 84.9 Å². The van der Waals surface area contributed by atoms with Crippen molar-refractivity contribution in [1.29, 1.82) is 0 Å². The molecule has 1 aromatic heterocycles. The smallest absolute Gasteiger partial charge is 0.325 e. The van der Waals surface area contributed by atoms with Crippen LogP contribution >= 0.6 is 0 Å². The molecule has 0 fully saturated rings. The summed E-state index contributed by atoms with van der Waals surface area (Å²) in [6, 6.07) is 22.1. The van der Waals surface area contributed by atoms with Crippen molar-refractivity contribution >= 4 is 22.7 Å². The number of fused-ring (bicyclic) bond motifs is 3.